The molecule has 0 spiro atoms. The summed E-state index contributed by atoms with van der Waals surface area (Å²) in [5.74, 6) is -2.83. The van der Waals surface area contributed by atoms with Gasteiger partial charge in [-0.15, -0.1) is 10.2 Å². The van der Waals surface area contributed by atoms with Crippen molar-refractivity contribution in [2.24, 2.45) is 10.2 Å². The van der Waals surface area contributed by atoms with Crippen molar-refractivity contribution in [3.63, 3.8) is 0 Å². The Labute approximate surface area is 557 Å². The minimum absolute atomic E-state index is 0. The minimum atomic E-state index is -5.43. The molecule has 0 atom stereocenters. The third-order valence-corrected chi connectivity index (χ3v) is 16.0. The van der Waals surface area contributed by atoms with E-state index in [-0.39, 0.29) is 205 Å². The van der Waals surface area contributed by atoms with Gasteiger partial charge in [-0.2, -0.15) is 15.0 Å². The Balaban J connectivity index is 0.00000988. The van der Waals surface area contributed by atoms with Gasteiger partial charge in [-0.3, -0.25) is 8.37 Å². The fraction of sp³-hybridized carbons (Fsp3) is 0.139. The van der Waals surface area contributed by atoms with Gasteiger partial charge in [0.15, 0.2) is 19.7 Å². The molecule has 0 aliphatic rings. The number of rotatable bonds is 21. The summed E-state index contributed by atoms with van der Waals surface area (Å²) < 4.78 is 232. The number of aromatic nitrogens is 3. The average molecular weight is 1270 g/mol. The van der Waals surface area contributed by atoms with Gasteiger partial charge in [-0.1, -0.05) is 13.5 Å². The molecule has 6 rings (SSSR count). The van der Waals surface area contributed by atoms with Crippen LogP contribution in [0.25, 0.3) is 10.8 Å². The van der Waals surface area contributed by atoms with Crippen LogP contribution in [0.2, 0.25) is 0 Å². The molecule has 30 nitrogen and oxygen atoms in total. The van der Waals surface area contributed by atoms with Gasteiger partial charge in [0.05, 0.1) is 54.9 Å². The van der Waals surface area contributed by atoms with Gasteiger partial charge in [-0.25, -0.2) is 58.9 Å². The first kappa shape index (κ1) is 76.5. The number of benzene rings is 5. The molecule has 5 aromatic carbocycles. The molecule has 78 heavy (non-hydrogen) atoms. The van der Waals surface area contributed by atoms with Crippen LogP contribution in [0.5, 0.6) is 0 Å². The Kier molecular flexibility index (Phi) is 29.8. The second-order valence-corrected chi connectivity index (χ2v) is 24.5. The Morgan fingerprint density at radius 1 is 0.462 bits per heavy atom. The molecule has 0 radical (unpaired) electrons. The van der Waals surface area contributed by atoms with Crippen LogP contribution in [-0.2, 0) is 79.2 Å². The second-order valence-electron chi connectivity index (χ2n) is 14.1. The van der Waals surface area contributed by atoms with Crippen molar-refractivity contribution in [3.05, 3.63) is 91.0 Å². The van der Waals surface area contributed by atoms with Crippen LogP contribution in [-0.4, -0.2) is 121 Å². The first-order chi connectivity index (χ1) is 33.2. The predicted molar refractivity (Wildman–Crippen MR) is 248 cm³/mol. The van der Waals surface area contributed by atoms with E-state index in [0.29, 0.717) is 12.1 Å². The number of nitrogens with zero attached hydrogens (tertiary/aromatic N) is 5. The van der Waals surface area contributed by atoms with Gasteiger partial charge >= 0.3 is 148 Å². The Hall–Kier alpha value is -1.46. The number of hydrogen-bond acceptors (Lipinski definition) is 30. The predicted octanol–water partition coefficient (Wildman–Crippen LogP) is -12.9. The molecule has 0 unspecified atom stereocenters. The molecule has 1 aromatic heterocycles. The fourth-order valence-corrected chi connectivity index (χ4v) is 10.7. The summed E-state index contributed by atoms with van der Waals surface area (Å²) >= 11 is 0. The van der Waals surface area contributed by atoms with Gasteiger partial charge in [0.25, 0.3) is 0 Å². The standard InChI is InChI=1S/C35H33N9O21S7.CH4.5Na/c36-31-30(70(55,56)57)18-20-17-26(68(49,50)51)10-11-27(20)32(31)44-43-28-19-23(5-12-29(28)69(52,53)54)39-35-41-33(37-21-1-6-24(7-2-21)66(45,46)15-13-64-71(58,59)60)40-34(42-35)38-22-3-8-25(9-4-22)67(47,48)16-14-65-72(61,62)63;;;;;;/h1-12,17-19H,13-16,36H2,(H,49,50,51)(H,52,53,54)(H,55,56,57)(H,58,59,60)(H,61,62,63)(H3,37,38,39,40,41,42);1H4;;;;;/q;;5*+1/p-5. The van der Waals surface area contributed by atoms with E-state index in [1.807, 2.05) is 0 Å². The minimum Gasteiger partial charge on any atom is -0.744 e. The Bertz CT molecular complexity index is 3860. The molecule has 1 heterocycles. The SMILES string of the molecule is C.Nc1c(S(=O)(=O)[O-])cc2cc(S(=O)(=O)[O-])ccc2c1N=Nc1cc(Nc2nc(Nc3ccc(S(=O)(=O)CCOS(=O)(=O)[O-])cc3)nc(Nc3ccc(S(=O)(=O)CCOS(=O)(=O)[O-])cc3)n2)ccc1S(=O)(=O)[O-].[Na+].[Na+].[Na+].[Na+].[Na+]. The van der Waals surface area contributed by atoms with Crippen LogP contribution in [0.3, 0.4) is 0 Å². The normalized spacial score (nSPS) is 12.1. The van der Waals surface area contributed by atoms with Gasteiger partial charge in [0, 0.05) is 22.4 Å². The largest absolute Gasteiger partial charge is 1.00 e. The quantitative estimate of drug-likeness (QED) is 0.0171. The average Bonchev–Trinajstić information content (AvgIpc) is 3.24. The molecule has 0 amide bonds. The number of nitrogens with two attached hydrogens (primary N) is 1. The molecule has 394 valence electrons. The van der Waals surface area contributed by atoms with E-state index in [1.165, 1.54) is 24.3 Å². The van der Waals surface area contributed by atoms with Crippen molar-refractivity contribution in [2.45, 2.75) is 31.9 Å². The van der Waals surface area contributed by atoms with Crippen LogP contribution >= 0.6 is 0 Å². The fourth-order valence-electron chi connectivity index (χ4n) is 5.96. The number of sulfone groups is 2. The summed E-state index contributed by atoms with van der Waals surface area (Å²) in [6, 6.07) is 15.1. The molecule has 0 fully saturated rings. The molecule has 5 N–H and O–H groups in total. The number of azo groups is 1. The van der Waals surface area contributed by atoms with E-state index in [1.54, 1.807) is 0 Å². The summed E-state index contributed by atoms with van der Waals surface area (Å²) in [4.78, 5) is 9.03. The van der Waals surface area contributed by atoms with E-state index < -0.39 is 133 Å². The third kappa shape index (κ3) is 21.9. The maximum absolute atomic E-state index is 12.7. The molecule has 0 aliphatic heterocycles. The number of anilines is 7. The van der Waals surface area contributed by atoms with E-state index in [4.69, 9.17) is 5.73 Å². The van der Waals surface area contributed by atoms with Crippen molar-refractivity contribution < 1.29 is 238 Å². The van der Waals surface area contributed by atoms with Crippen molar-refractivity contribution in [1.29, 1.82) is 0 Å². The van der Waals surface area contributed by atoms with Crippen LogP contribution in [0.1, 0.15) is 7.43 Å². The zero-order chi connectivity index (χ0) is 53.2. The van der Waals surface area contributed by atoms with Crippen molar-refractivity contribution in [1.82, 2.24) is 15.0 Å². The van der Waals surface area contributed by atoms with Crippen LogP contribution in [0.4, 0.5) is 52.0 Å². The monoisotopic (exact) mass is 1260 g/mol. The third-order valence-electron chi connectivity index (χ3n) is 9.12. The number of nitrogen functional groups attached to an aromatic ring is 1. The smallest absolute Gasteiger partial charge is 0.744 e. The van der Waals surface area contributed by atoms with Gasteiger partial charge < -0.3 is 44.4 Å². The van der Waals surface area contributed by atoms with Gasteiger partial charge in [0.1, 0.15) is 41.7 Å². The summed E-state index contributed by atoms with van der Waals surface area (Å²) in [6.07, 6.45) is 0. The molecular weight excluding hydrogens is 1230 g/mol. The zero-order valence-electron chi connectivity index (χ0n) is 40.2. The van der Waals surface area contributed by atoms with Crippen LogP contribution in [0, 0.1) is 0 Å². The van der Waals surface area contributed by atoms with Crippen molar-refractivity contribution >= 4 is 134 Å². The maximum Gasteiger partial charge on any atom is 1.00 e. The first-order valence-corrected chi connectivity index (χ1v) is 29.1. The Morgan fingerprint density at radius 2 is 0.846 bits per heavy atom. The first-order valence-electron chi connectivity index (χ1n) is 18.9. The number of fused-ring (bicyclic) bond motifs is 1. The summed E-state index contributed by atoms with van der Waals surface area (Å²) in [5.41, 5.74) is 3.79. The Morgan fingerprint density at radius 3 is 1.23 bits per heavy atom. The molecule has 0 saturated heterocycles. The van der Waals surface area contributed by atoms with Gasteiger partial charge in [0.2, 0.25) is 38.6 Å². The topological polar surface area (TPSA) is 498 Å². The molecule has 42 heteroatoms. The van der Waals surface area contributed by atoms with Crippen LogP contribution < -0.4 is 169 Å². The summed E-state index contributed by atoms with van der Waals surface area (Å²) in [5, 5.41) is 15.3. The van der Waals surface area contributed by atoms with E-state index in [2.05, 4.69) is 49.5 Å². The maximum atomic E-state index is 12.7. The van der Waals surface area contributed by atoms with Crippen molar-refractivity contribution in [2.75, 3.05) is 46.4 Å². The van der Waals surface area contributed by atoms with E-state index in [9.17, 15) is 81.7 Å². The van der Waals surface area contributed by atoms with Gasteiger partial charge in [-0.05, 0) is 90.3 Å². The molecule has 0 saturated carbocycles. The summed E-state index contributed by atoms with van der Waals surface area (Å²) in [7, 11) is -34.7. The molecule has 0 bridgehead atoms. The zero-order valence-corrected chi connectivity index (χ0v) is 55.9. The molecular formula is C36H32N9Na5O21S7. The molecule has 6 aromatic rings. The number of hydrogen-bond donors (Lipinski definition) is 4. The number of nitrogens with one attached hydrogen (secondary N) is 3. The summed E-state index contributed by atoms with van der Waals surface area (Å²) in [6.45, 7) is -1.94. The van der Waals surface area contributed by atoms with Crippen molar-refractivity contribution in [3.8, 4) is 0 Å². The van der Waals surface area contributed by atoms with Crippen LogP contribution in [0.15, 0.2) is 126 Å². The second kappa shape index (κ2) is 30.4. The van der Waals surface area contributed by atoms with E-state index in [0.717, 1.165) is 54.6 Å². The van der Waals surface area contributed by atoms with E-state index >= 15 is 0 Å². The molecule has 0 aliphatic carbocycles.